The Hall–Kier alpha value is -0.980. The van der Waals surface area contributed by atoms with Crippen LogP contribution in [0.3, 0.4) is 0 Å². The molecule has 0 saturated heterocycles. The molecule has 92 valence electrons. The molecule has 1 rings (SSSR count). The molecule has 1 atom stereocenters. The van der Waals surface area contributed by atoms with E-state index in [0.717, 1.165) is 0 Å². The van der Waals surface area contributed by atoms with Crippen molar-refractivity contribution in [2.75, 3.05) is 0 Å². The van der Waals surface area contributed by atoms with Crippen LogP contribution in [0.5, 0.6) is 5.75 Å². The monoisotopic (exact) mass is 222 g/mol. The average molecular weight is 222 g/mol. The smallest absolute Gasteiger partial charge is 0.115 e. The van der Waals surface area contributed by atoms with E-state index in [1.54, 1.807) is 12.1 Å². The zero-order valence-corrected chi connectivity index (χ0v) is 10.2. The van der Waals surface area contributed by atoms with Crippen molar-refractivity contribution >= 4 is 0 Å². The Morgan fingerprint density at radius 3 is 1.88 bits per heavy atom. The predicted octanol–water partition coefficient (Wildman–Crippen LogP) is 4.81. The van der Waals surface area contributed by atoms with E-state index >= 15 is 0 Å². The lowest BCUT2D eigenvalue weighted by Gasteiger charge is -2.23. The highest BCUT2D eigenvalue weighted by molar-refractivity contribution is 5.28. The van der Waals surface area contributed by atoms with Crippen LogP contribution in [0.15, 0.2) is 24.3 Å². The number of phenolic OH excluding ortho intramolecular Hbond substituents is 1. The van der Waals surface area contributed by atoms with Crippen LogP contribution in [0.4, 0.5) is 0 Å². The van der Waals surface area contributed by atoms with E-state index < -0.39 is 0 Å². The maximum absolute atomic E-state index is 9.26. The summed E-state index contributed by atoms with van der Waals surface area (Å²) in [5.74, 6) is 2.32. The van der Waals surface area contributed by atoms with Crippen LogP contribution in [-0.2, 0) is 0 Å². The number of hydrogen-bond donors (Lipinski definition) is 1. The Bertz CT molecular complexity index is 285. The third kappa shape index (κ3) is 4.26. The van der Waals surface area contributed by atoms with Gasteiger partial charge in [0.05, 0.1) is 0 Å². The Morgan fingerprint density at radius 1 is 1.00 bits per heavy atom. The molecule has 0 heterocycles. The molecule has 0 spiro atoms. The second-order valence-corrected chi connectivity index (χ2v) is 5.07. The third-order valence-electron chi connectivity index (χ3n) is 2.85. The van der Waals surface area contributed by atoms with Gasteiger partial charge in [0.2, 0.25) is 0 Å². The van der Waals surface area contributed by atoms with E-state index in [0.29, 0.717) is 23.5 Å². The van der Waals surface area contributed by atoms with E-state index in [1.807, 2.05) is 12.1 Å². The molecule has 1 aromatic carbocycles. The van der Waals surface area contributed by atoms with Crippen molar-refractivity contribution in [3.63, 3.8) is 0 Å². The van der Waals surface area contributed by atoms with Crippen molar-refractivity contribution in [3.8, 4) is 5.75 Å². The largest absolute Gasteiger partial charge is 0.508 e. The molecule has 1 unspecified atom stereocenters. The van der Waals surface area contributed by atoms with Crippen molar-refractivity contribution in [2.24, 2.45) is 11.8 Å². The highest BCUT2D eigenvalue weighted by Crippen LogP contribution is 2.31. The minimum Gasteiger partial charge on any atom is -0.508 e. The summed E-state index contributed by atoms with van der Waals surface area (Å²) in [6, 6.07) is 7.65. The van der Waals surface area contributed by atoms with Gasteiger partial charge in [-0.2, -0.15) is 0 Å². The van der Waals surface area contributed by atoms with Crippen LogP contribution in [0, 0.1) is 11.8 Å². The van der Waals surface area contributed by atoms with E-state index in [1.165, 1.54) is 12.0 Å². The van der Waals surface area contributed by atoms with Crippen LogP contribution >= 0.6 is 0 Å². The summed E-state index contributed by atoms with van der Waals surface area (Å²) in [7, 11) is 0. The summed E-state index contributed by atoms with van der Waals surface area (Å²) in [4.78, 5) is 0. The normalized spacial score (nSPS) is 12.6. The Morgan fingerprint density at radius 2 is 1.50 bits per heavy atom. The van der Waals surface area contributed by atoms with Gasteiger partial charge in [0.25, 0.3) is 0 Å². The molecule has 16 heavy (non-hydrogen) atoms. The molecule has 0 fully saturated rings. The average Bonchev–Trinajstić information content (AvgIpc) is 2.15. The Labute approximate surface area is 101 Å². The summed E-state index contributed by atoms with van der Waals surface area (Å²) in [6.45, 7) is 9.05. The summed E-state index contributed by atoms with van der Waals surface area (Å²) in [5, 5.41) is 9.26. The van der Waals surface area contributed by atoms with Crippen LogP contribution in [0.2, 0.25) is 0 Å². The second kappa shape index (κ2) is 6.57. The summed E-state index contributed by atoms with van der Waals surface area (Å²) >= 11 is 0. The first-order valence-corrected chi connectivity index (χ1v) is 5.79. The highest BCUT2D eigenvalue weighted by atomic mass is 16.3. The lowest BCUT2D eigenvalue weighted by molar-refractivity contribution is 0.407. The maximum atomic E-state index is 9.26. The van der Waals surface area contributed by atoms with Gasteiger partial charge in [-0.15, -0.1) is 0 Å². The molecule has 0 saturated carbocycles. The van der Waals surface area contributed by atoms with Gasteiger partial charge in [-0.3, -0.25) is 0 Å². The van der Waals surface area contributed by atoms with Gasteiger partial charge in [0.15, 0.2) is 0 Å². The maximum Gasteiger partial charge on any atom is 0.115 e. The van der Waals surface area contributed by atoms with Gasteiger partial charge < -0.3 is 5.11 Å². The fourth-order valence-corrected chi connectivity index (χ4v) is 2.02. The first-order chi connectivity index (χ1) is 7.00. The first-order valence-electron chi connectivity index (χ1n) is 5.79. The lowest BCUT2D eigenvalue weighted by Crippen LogP contribution is -2.09. The molecule has 1 heteroatoms. The quantitative estimate of drug-likeness (QED) is 0.774. The molecular weight excluding hydrogens is 196 g/mol. The standard InChI is InChI=1S/C14H22O.CH4/c1-10(2)9-14(11(3)4)12-5-7-13(15)8-6-12;/h5-8,10-11,14-15H,9H2,1-4H3;1H4. The Balaban J connectivity index is 0.00000225. The van der Waals surface area contributed by atoms with E-state index in [-0.39, 0.29) is 7.43 Å². The molecule has 0 aliphatic rings. The number of aromatic hydroxyl groups is 1. The zero-order chi connectivity index (χ0) is 11.4. The molecule has 0 aliphatic heterocycles. The van der Waals surface area contributed by atoms with Gasteiger partial charge in [-0.05, 0) is 41.9 Å². The molecule has 0 aliphatic carbocycles. The van der Waals surface area contributed by atoms with Gasteiger partial charge in [-0.1, -0.05) is 47.3 Å². The van der Waals surface area contributed by atoms with Gasteiger partial charge in [0, 0.05) is 0 Å². The molecule has 0 radical (unpaired) electrons. The van der Waals surface area contributed by atoms with E-state index in [4.69, 9.17) is 0 Å². The minimum atomic E-state index is 0. The van der Waals surface area contributed by atoms with Crippen molar-refractivity contribution in [1.82, 2.24) is 0 Å². The van der Waals surface area contributed by atoms with Gasteiger partial charge >= 0.3 is 0 Å². The summed E-state index contributed by atoms with van der Waals surface area (Å²) < 4.78 is 0. The number of rotatable bonds is 4. The molecule has 0 bridgehead atoms. The van der Waals surface area contributed by atoms with Crippen LogP contribution in [-0.4, -0.2) is 5.11 Å². The third-order valence-corrected chi connectivity index (χ3v) is 2.85. The predicted molar refractivity (Wildman–Crippen MR) is 71.9 cm³/mol. The molecule has 1 aromatic rings. The van der Waals surface area contributed by atoms with Gasteiger partial charge in [-0.25, -0.2) is 0 Å². The van der Waals surface area contributed by atoms with Crippen molar-refractivity contribution < 1.29 is 5.11 Å². The minimum absolute atomic E-state index is 0. The lowest BCUT2D eigenvalue weighted by atomic mass is 9.82. The Kier molecular flexibility index (Phi) is 6.17. The van der Waals surface area contributed by atoms with E-state index in [2.05, 4.69) is 27.7 Å². The molecule has 0 amide bonds. The van der Waals surface area contributed by atoms with Crippen molar-refractivity contribution in [3.05, 3.63) is 29.8 Å². The number of phenols is 1. The van der Waals surface area contributed by atoms with Crippen LogP contribution in [0.1, 0.15) is 53.0 Å². The fraction of sp³-hybridized carbons (Fsp3) is 0.600. The molecule has 0 aromatic heterocycles. The molecule has 1 N–H and O–H groups in total. The highest BCUT2D eigenvalue weighted by Gasteiger charge is 2.16. The first kappa shape index (κ1) is 15.0. The van der Waals surface area contributed by atoms with Crippen molar-refractivity contribution in [1.29, 1.82) is 0 Å². The van der Waals surface area contributed by atoms with Gasteiger partial charge in [0.1, 0.15) is 5.75 Å². The fourth-order valence-electron chi connectivity index (χ4n) is 2.02. The van der Waals surface area contributed by atoms with Crippen LogP contribution in [0.25, 0.3) is 0 Å². The zero-order valence-electron chi connectivity index (χ0n) is 10.2. The van der Waals surface area contributed by atoms with E-state index in [9.17, 15) is 5.11 Å². The summed E-state index contributed by atoms with van der Waals surface area (Å²) in [5.41, 5.74) is 1.34. The van der Waals surface area contributed by atoms with Crippen LogP contribution < -0.4 is 0 Å². The molecular formula is C15H26O. The number of benzene rings is 1. The second-order valence-electron chi connectivity index (χ2n) is 5.07. The summed E-state index contributed by atoms with van der Waals surface area (Å²) in [6.07, 6.45) is 1.21. The topological polar surface area (TPSA) is 20.2 Å². The SMILES string of the molecule is C.CC(C)CC(c1ccc(O)cc1)C(C)C. The van der Waals surface area contributed by atoms with Crippen molar-refractivity contribution in [2.45, 2.75) is 47.5 Å². The molecule has 1 nitrogen and oxygen atoms in total. The number of hydrogen-bond acceptors (Lipinski definition) is 1.